The zero-order valence-corrected chi connectivity index (χ0v) is 15.3. The molecule has 144 valence electrons. The van der Waals surface area contributed by atoms with Crippen LogP contribution in [0.3, 0.4) is 0 Å². The van der Waals surface area contributed by atoms with Crippen LogP contribution < -0.4 is 15.0 Å². The minimum atomic E-state index is -2.85. The Kier molecular flexibility index (Phi) is 4.64. The van der Waals surface area contributed by atoms with Gasteiger partial charge in [0.15, 0.2) is 0 Å². The van der Waals surface area contributed by atoms with Crippen molar-refractivity contribution in [2.24, 2.45) is 0 Å². The van der Waals surface area contributed by atoms with Gasteiger partial charge in [0.2, 0.25) is 5.95 Å². The zero-order chi connectivity index (χ0) is 19.7. The Balaban J connectivity index is 1.67. The molecule has 1 aliphatic heterocycles. The number of benzene rings is 1. The molecule has 1 atom stereocenters. The van der Waals surface area contributed by atoms with E-state index in [1.165, 1.54) is 18.5 Å². The fourth-order valence-corrected chi connectivity index (χ4v) is 2.99. The normalized spacial score (nSPS) is 15.6. The van der Waals surface area contributed by atoms with E-state index in [4.69, 9.17) is 0 Å². The standard InChI is InChI=1S/C19H18F2N6O/c1-26(2)17-8-5-13(10-22-17)16-9-15(25-19-23-11-24-27(16)19)12-3-6-14(7-4-12)28-18(20)21/h3-11,16,18H,1-2H3,(H,23,24,25). The van der Waals surface area contributed by atoms with E-state index in [9.17, 15) is 8.78 Å². The van der Waals surface area contributed by atoms with Gasteiger partial charge >= 0.3 is 6.61 Å². The molecule has 0 fully saturated rings. The van der Waals surface area contributed by atoms with Gasteiger partial charge in [-0.15, -0.1) is 0 Å². The molecule has 1 aromatic carbocycles. The maximum atomic E-state index is 12.3. The molecule has 0 amide bonds. The molecule has 1 aliphatic rings. The third-order valence-corrected chi connectivity index (χ3v) is 4.37. The van der Waals surface area contributed by atoms with Crippen LogP contribution >= 0.6 is 0 Å². The van der Waals surface area contributed by atoms with E-state index in [0.29, 0.717) is 5.95 Å². The molecule has 0 radical (unpaired) electrons. The molecule has 28 heavy (non-hydrogen) atoms. The minimum absolute atomic E-state index is 0.110. The van der Waals surface area contributed by atoms with Crippen molar-refractivity contribution < 1.29 is 13.5 Å². The van der Waals surface area contributed by atoms with Gasteiger partial charge in [-0.3, -0.25) is 0 Å². The predicted molar refractivity (Wildman–Crippen MR) is 101 cm³/mol. The summed E-state index contributed by atoms with van der Waals surface area (Å²) >= 11 is 0. The third-order valence-electron chi connectivity index (χ3n) is 4.37. The fraction of sp³-hybridized carbons (Fsp3) is 0.211. The molecule has 0 spiro atoms. The maximum Gasteiger partial charge on any atom is 0.387 e. The summed E-state index contributed by atoms with van der Waals surface area (Å²) in [5, 5.41) is 7.52. The highest BCUT2D eigenvalue weighted by molar-refractivity contribution is 5.77. The second-order valence-electron chi connectivity index (χ2n) is 6.43. The van der Waals surface area contributed by atoms with Crippen molar-refractivity contribution in [3.63, 3.8) is 0 Å². The molecular formula is C19H18F2N6O. The molecule has 2 aromatic heterocycles. The van der Waals surface area contributed by atoms with E-state index in [1.54, 1.807) is 16.8 Å². The lowest BCUT2D eigenvalue weighted by Crippen LogP contribution is -2.20. The van der Waals surface area contributed by atoms with Crippen LogP contribution in [-0.2, 0) is 0 Å². The zero-order valence-electron chi connectivity index (χ0n) is 15.3. The first-order chi connectivity index (χ1) is 13.5. The topological polar surface area (TPSA) is 68.1 Å². The molecule has 1 unspecified atom stereocenters. The van der Waals surface area contributed by atoms with Crippen molar-refractivity contribution in [2.45, 2.75) is 12.7 Å². The van der Waals surface area contributed by atoms with Crippen LogP contribution in [-0.4, -0.2) is 40.5 Å². The Hall–Kier alpha value is -3.49. The van der Waals surface area contributed by atoms with Gasteiger partial charge in [0.1, 0.15) is 23.9 Å². The first-order valence-corrected chi connectivity index (χ1v) is 8.58. The Labute approximate surface area is 160 Å². The van der Waals surface area contributed by atoms with Gasteiger partial charge in [-0.05, 0) is 47.5 Å². The van der Waals surface area contributed by atoms with Crippen LogP contribution in [0.15, 0.2) is 55.0 Å². The summed E-state index contributed by atoms with van der Waals surface area (Å²) in [4.78, 5) is 10.7. The molecule has 0 aliphatic carbocycles. The van der Waals surface area contributed by atoms with Crippen LogP contribution in [0, 0.1) is 0 Å². The summed E-state index contributed by atoms with van der Waals surface area (Å²) in [5.74, 6) is 1.56. The van der Waals surface area contributed by atoms with E-state index in [1.807, 2.05) is 43.4 Å². The monoisotopic (exact) mass is 384 g/mol. The van der Waals surface area contributed by atoms with E-state index >= 15 is 0 Å². The number of allylic oxidation sites excluding steroid dienone is 1. The molecule has 0 saturated carbocycles. The Bertz CT molecular complexity index is 982. The summed E-state index contributed by atoms with van der Waals surface area (Å²) in [7, 11) is 3.86. The van der Waals surface area contributed by atoms with Crippen LogP contribution in [0.1, 0.15) is 17.2 Å². The second kappa shape index (κ2) is 7.26. The molecule has 3 aromatic rings. The maximum absolute atomic E-state index is 12.3. The number of halogens is 2. The lowest BCUT2D eigenvalue weighted by atomic mass is 10.0. The number of hydrogen-bond acceptors (Lipinski definition) is 6. The SMILES string of the molecule is CN(C)c1ccc(C2C=C(c3ccc(OC(F)F)cc3)Nc3ncnn32)cn1. The Morgan fingerprint density at radius 3 is 2.54 bits per heavy atom. The number of aromatic nitrogens is 4. The summed E-state index contributed by atoms with van der Waals surface area (Å²) < 4.78 is 30.9. The van der Waals surface area contributed by atoms with Gasteiger partial charge in [-0.2, -0.15) is 18.9 Å². The summed E-state index contributed by atoms with van der Waals surface area (Å²) in [6.07, 6.45) is 5.29. The van der Waals surface area contributed by atoms with Crippen LogP contribution in [0.5, 0.6) is 5.75 Å². The van der Waals surface area contributed by atoms with Crippen LogP contribution in [0.2, 0.25) is 0 Å². The van der Waals surface area contributed by atoms with Gasteiger partial charge < -0.3 is 15.0 Å². The number of nitrogens with one attached hydrogen (secondary N) is 1. The van der Waals surface area contributed by atoms with Gasteiger partial charge in [0.25, 0.3) is 0 Å². The molecule has 1 N–H and O–H groups in total. The highest BCUT2D eigenvalue weighted by Gasteiger charge is 2.23. The van der Waals surface area contributed by atoms with E-state index in [2.05, 4.69) is 25.1 Å². The van der Waals surface area contributed by atoms with Gasteiger partial charge in [0, 0.05) is 26.0 Å². The number of pyridine rings is 1. The first-order valence-electron chi connectivity index (χ1n) is 8.58. The molecule has 0 bridgehead atoms. The average Bonchev–Trinajstić information content (AvgIpc) is 3.16. The van der Waals surface area contributed by atoms with Crippen LogP contribution in [0.25, 0.3) is 5.70 Å². The number of ether oxygens (including phenoxy) is 1. The van der Waals surface area contributed by atoms with Gasteiger partial charge in [-0.25, -0.2) is 9.67 Å². The lowest BCUT2D eigenvalue weighted by Gasteiger charge is -2.24. The smallest absolute Gasteiger partial charge is 0.387 e. The van der Waals surface area contributed by atoms with Gasteiger partial charge in [0.05, 0.1) is 0 Å². The highest BCUT2D eigenvalue weighted by Crippen LogP contribution is 2.32. The van der Waals surface area contributed by atoms with E-state index in [-0.39, 0.29) is 11.8 Å². The number of nitrogens with zero attached hydrogens (tertiary/aromatic N) is 5. The minimum Gasteiger partial charge on any atom is -0.435 e. The largest absolute Gasteiger partial charge is 0.435 e. The number of fused-ring (bicyclic) bond motifs is 1. The van der Waals surface area contributed by atoms with Crippen molar-refractivity contribution >= 4 is 17.5 Å². The lowest BCUT2D eigenvalue weighted by molar-refractivity contribution is -0.0498. The quantitative estimate of drug-likeness (QED) is 0.727. The van der Waals surface area contributed by atoms with Crippen molar-refractivity contribution in [3.8, 4) is 5.75 Å². The molecule has 4 rings (SSSR count). The number of alkyl halides is 2. The van der Waals surface area contributed by atoms with Crippen molar-refractivity contribution in [3.05, 3.63) is 66.1 Å². The van der Waals surface area contributed by atoms with Crippen molar-refractivity contribution in [2.75, 3.05) is 24.3 Å². The molecule has 3 heterocycles. The molecular weight excluding hydrogens is 366 g/mol. The molecule has 0 saturated heterocycles. The molecule has 7 nitrogen and oxygen atoms in total. The number of anilines is 2. The van der Waals surface area contributed by atoms with E-state index < -0.39 is 6.61 Å². The summed E-state index contributed by atoms with van der Waals surface area (Å²) in [6, 6.07) is 10.2. The Morgan fingerprint density at radius 1 is 1.11 bits per heavy atom. The summed E-state index contributed by atoms with van der Waals surface area (Å²) in [6.45, 7) is -2.85. The third kappa shape index (κ3) is 3.51. The number of hydrogen-bond donors (Lipinski definition) is 1. The average molecular weight is 384 g/mol. The van der Waals surface area contributed by atoms with Crippen molar-refractivity contribution in [1.29, 1.82) is 0 Å². The predicted octanol–water partition coefficient (Wildman–Crippen LogP) is 3.40. The molecule has 9 heteroatoms. The van der Waals surface area contributed by atoms with Crippen molar-refractivity contribution in [1.82, 2.24) is 19.7 Å². The first kappa shape index (κ1) is 17.9. The van der Waals surface area contributed by atoms with Gasteiger partial charge in [-0.1, -0.05) is 6.07 Å². The number of rotatable bonds is 5. The van der Waals surface area contributed by atoms with E-state index in [0.717, 1.165) is 22.6 Å². The second-order valence-corrected chi connectivity index (χ2v) is 6.43. The highest BCUT2D eigenvalue weighted by atomic mass is 19.3. The fourth-order valence-electron chi connectivity index (χ4n) is 2.99. The summed E-state index contributed by atoms with van der Waals surface area (Å²) in [5.41, 5.74) is 2.57. The Morgan fingerprint density at radius 2 is 1.89 bits per heavy atom. The van der Waals surface area contributed by atoms with Crippen LogP contribution in [0.4, 0.5) is 20.5 Å².